The molecule has 3 rings (SSSR count). The Morgan fingerprint density at radius 1 is 1.04 bits per heavy atom. The fraction of sp³-hybridized carbons (Fsp3) is 0.571. The smallest absolute Gasteiger partial charge is 0.131 e. The van der Waals surface area contributed by atoms with Crippen molar-refractivity contribution in [3.8, 4) is 0 Å². The van der Waals surface area contributed by atoms with Crippen molar-refractivity contribution in [2.45, 2.75) is 65.8 Å². The zero-order valence-electron chi connectivity index (χ0n) is 15.1. The summed E-state index contributed by atoms with van der Waals surface area (Å²) in [6.45, 7) is 12.2. The minimum atomic E-state index is -0.379. The Hall–Kier alpha value is -1.57. The monoisotopic (exact) mass is 311 g/mol. The van der Waals surface area contributed by atoms with Crippen LogP contribution in [0, 0.1) is 10.8 Å². The van der Waals surface area contributed by atoms with Crippen LogP contribution in [0.2, 0.25) is 0 Å². The Kier molecular flexibility index (Phi) is 3.70. The Morgan fingerprint density at radius 2 is 1.70 bits per heavy atom. The first-order valence-electron chi connectivity index (χ1n) is 8.90. The molecule has 0 saturated heterocycles. The van der Waals surface area contributed by atoms with E-state index in [0.29, 0.717) is 0 Å². The quantitative estimate of drug-likeness (QED) is 0.522. The van der Waals surface area contributed by atoms with Crippen molar-refractivity contribution in [2.75, 3.05) is 0 Å². The summed E-state index contributed by atoms with van der Waals surface area (Å²) in [5, 5.41) is 1.25. The highest BCUT2D eigenvalue weighted by Crippen LogP contribution is 2.77. The van der Waals surface area contributed by atoms with Gasteiger partial charge in [-0.1, -0.05) is 65.7 Å². The third-order valence-corrected chi connectivity index (χ3v) is 6.86. The normalized spacial score (nSPS) is 20.6. The van der Waals surface area contributed by atoms with Crippen LogP contribution in [0.3, 0.4) is 0 Å². The molecule has 0 amide bonds. The highest BCUT2D eigenvalue weighted by Gasteiger charge is 2.78. The van der Waals surface area contributed by atoms with Gasteiger partial charge < -0.3 is 9.36 Å². The Morgan fingerprint density at radius 3 is 2.26 bits per heavy atom. The molecule has 0 unspecified atom stereocenters. The minimum Gasteiger partial charge on any atom is -0.347 e. The second kappa shape index (κ2) is 5.22. The highest BCUT2D eigenvalue weighted by molar-refractivity contribution is 5.93. The van der Waals surface area contributed by atoms with E-state index in [1.54, 1.807) is 0 Å². The molecule has 1 aromatic carbocycles. The van der Waals surface area contributed by atoms with Gasteiger partial charge in [0.05, 0.1) is 5.41 Å². The summed E-state index contributed by atoms with van der Waals surface area (Å²) < 4.78 is 2.36. The van der Waals surface area contributed by atoms with Crippen molar-refractivity contribution in [2.24, 2.45) is 10.8 Å². The Labute approximate surface area is 139 Å². The van der Waals surface area contributed by atoms with Gasteiger partial charge in [-0.3, -0.25) is 0 Å². The van der Waals surface area contributed by atoms with Crippen molar-refractivity contribution in [3.63, 3.8) is 0 Å². The van der Waals surface area contributed by atoms with Crippen molar-refractivity contribution < 1.29 is 4.79 Å². The van der Waals surface area contributed by atoms with E-state index in [1.807, 2.05) is 0 Å². The van der Waals surface area contributed by atoms with E-state index in [2.05, 4.69) is 69.6 Å². The van der Waals surface area contributed by atoms with E-state index in [-0.39, 0.29) is 16.2 Å². The van der Waals surface area contributed by atoms with Gasteiger partial charge in [0.1, 0.15) is 6.29 Å². The zero-order chi connectivity index (χ0) is 16.9. The number of nitrogens with zero attached hydrogens (tertiary/aromatic N) is 1. The van der Waals surface area contributed by atoms with E-state index in [9.17, 15) is 4.79 Å². The summed E-state index contributed by atoms with van der Waals surface area (Å²) in [5.41, 5.74) is 2.07. The van der Waals surface area contributed by atoms with Crippen LogP contribution in [0.5, 0.6) is 0 Å². The number of carbonyl (C=O) groups excluding carboxylic acids is 1. The Bertz CT molecular complexity index is 721. The fourth-order valence-electron chi connectivity index (χ4n) is 4.67. The topological polar surface area (TPSA) is 22.0 Å². The molecule has 1 aromatic heterocycles. The van der Waals surface area contributed by atoms with Gasteiger partial charge in [0, 0.05) is 23.6 Å². The number of carbonyl (C=O) groups is 1. The van der Waals surface area contributed by atoms with Crippen molar-refractivity contribution in [1.29, 1.82) is 0 Å². The van der Waals surface area contributed by atoms with Crippen molar-refractivity contribution in [1.82, 2.24) is 4.57 Å². The van der Waals surface area contributed by atoms with Crippen LogP contribution in [0.15, 0.2) is 30.5 Å². The second-order valence-corrected chi connectivity index (χ2v) is 8.14. The molecule has 0 aliphatic heterocycles. The first kappa shape index (κ1) is 16.3. The summed E-state index contributed by atoms with van der Waals surface area (Å²) in [6, 6.07) is 8.55. The number of hydrogen-bond acceptors (Lipinski definition) is 1. The van der Waals surface area contributed by atoms with Gasteiger partial charge in [-0.05, 0) is 28.9 Å². The molecule has 1 heterocycles. The molecule has 2 nitrogen and oxygen atoms in total. The van der Waals surface area contributed by atoms with Gasteiger partial charge in [0.2, 0.25) is 0 Å². The summed E-state index contributed by atoms with van der Waals surface area (Å²) >= 11 is 0. The molecule has 23 heavy (non-hydrogen) atoms. The highest BCUT2D eigenvalue weighted by atomic mass is 16.1. The number of aldehydes is 1. The maximum absolute atomic E-state index is 12.2. The largest absolute Gasteiger partial charge is 0.347 e. The van der Waals surface area contributed by atoms with E-state index in [4.69, 9.17) is 0 Å². The third kappa shape index (κ3) is 1.90. The lowest BCUT2D eigenvalue weighted by Crippen LogP contribution is -2.18. The van der Waals surface area contributed by atoms with E-state index >= 15 is 0 Å². The average molecular weight is 311 g/mol. The van der Waals surface area contributed by atoms with Crippen LogP contribution in [-0.4, -0.2) is 10.9 Å². The number of fused-ring (bicyclic) bond motifs is 1. The molecule has 1 saturated carbocycles. The number of rotatable bonds is 6. The molecule has 2 heteroatoms. The van der Waals surface area contributed by atoms with E-state index < -0.39 is 0 Å². The Balaban J connectivity index is 2.14. The van der Waals surface area contributed by atoms with Crippen LogP contribution in [0.4, 0.5) is 0 Å². The third-order valence-electron chi connectivity index (χ3n) is 6.86. The summed E-state index contributed by atoms with van der Waals surface area (Å²) in [5.74, 6) is 0. The van der Waals surface area contributed by atoms with Gasteiger partial charge in [0.25, 0.3) is 0 Å². The van der Waals surface area contributed by atoms with E-state index in [0.717, 1.165) is 6.54 Å². The molecule has 2 aromatic rings. The van der Waals surface area contributed by atoms with Crippen LogP contribution in [-0.2, 0) is 16.8 Å². The lowest BCUT2D eigenvalue weighted by Gasteiger charge is -2.13. The summed E-state index contributed by atoms with van der Waals surface area (Å²) in [7, 11) is 0. The number of aromatic nitrogens is 1. The van der Waals surface area contributed by atoms with Crippen molar-refractivity contribution in [3.05, 3.63) is 36.0 Å². The number of para-hydroxylation sites is 1. The van der Waals surface area contributed by atoms with Gasteiger partial charge in [-0.2, -0.15) is 0 Å². The molecule has 1 aliphatic rings. The maximum Gasteiger partial charge on any atom is 0.131 e. The predicted molar refractivity (Wildman–Crippen MR) is 96.8 cm³/mol. The summed E-state index contributed by atoms with van der Waals surface area (Å²) in [4.78, 5) is 12.2. The molecule has 0 spiro atoms. The average Bonchev–Trinajstić information content (AvgIpc) is 2.77. The molecule has 0 N–H and O–H groups in total. The number of aryl methyl sites for hydroxylation is 1. The molecule has 1 fully saturated rings. The molecule has 0 bridgehead atoms. The van der Waals surface area contributed by atoms with Gasteiger partial charge in [-0.25, -0.2) is 0 Å². The molecule has 0 radical (unpaired) electrons. The molecule has 1 aliphatic carbocycles. The first-order chi connectivity index (χ1) is 10.8. The fourth-order valence-corrected chi connectivity index (χ4v) is 4.67. The van der Waals surface area contributed by atoms with Crippen molar-refractivity contribution >= 4 is 17.2 Å². The van der Waals surface area contributed by atoms with E-state index in [1.165, 1.54) is 42.0 Å². The molecular weight excluding hydrogens is 282 g/mol. The maximum atomic E-state index is 12.2. The SMILES string of the molecule is CCCCCn1cc(C2(C=O)C(C)(C)C2(C)C)c2ccccc21. The number of benzene rings is 1. The molecular formula is C21H29NO. The van der Waals surface area contributed by atoms with Gasteiger partial charge >= 0.3 is 0 Å². The standard InChI is InChI=1S/C21H29NO/c1-6-7-10-13-22-14-17(16-11-8-9-12-18(16)22)21(15-23)19(2,3)20(21,4)5/h8-9,11-12,14-15H,6-7,10,13H2,1-5H3. The van der Waals surface area contributed by atoms with Crippen LogP contribution in [0.25, 0.3) is 10.9 Å². The van der Waals surface area contributed by atoms with Crippen LogP contribution < -0.4 is 0 Å². The van der Waals surface area contributed by atoms with Crippen LogP contribution in [0.1, 0.15) is 59.4 Å². The van der Waals surface area contributed by atoms with Gasteiger partial charge in [-0.15, -0.1) is 0 Å². The lowest BCUT2D eigenvalue weighted by molar-refractivity contribution is -0.111. The lowest BCUT2D eigenvalue weighted by atomic mass is 9.87. The second-order valence-electron chi connectivity index (χ2n) is 8.14. The number of unbranched alkanes of at least 4 members (excludes halogenated alkanes) is 2. The molecule has 124 valence electrons. The number of hydrogen-bond donors (Lipinski definition) is 0. The minimum absolute atomic E-state index is 0.0138. The molecule has 0 atom stereocenters. The first-order valence-corrected chi connectivity index (χ1v) is 8.90. The van der Waals surface area contributed by atoms with Gasteiger partial charge in [0.15, 0.2) is 0 Å². The van der Waals surface area contributed by atoms with Crippen LogP contribution >= 0.6 is 0 Å². The predicted octanol–water partition coefficient (Wildman–Crippen LogP) is 5.33. The zero-order valence-corrected chi connectivity index (χ0v) is 15.1. The summed E-state index contributed by atoms with van der Waals surface area (Å²) in [6.07, 6.45) is 7.13.